The number of ether oxygens (including phenoxy) is 2. The molecule has 0 aliphatic heterocycles. The van der Waals surface area contributed by atoms with Gasteiger partial charge in [0.05, 0.1) is 35.8 Å². The van der Waals surface area contributed by atoms with Crippen molar-refractivity contribution >= 4 is 32.8 Å². The minimum absolute atomic E-state index is 0.0973. The number of carbonyl (C=O) groups is 2. The van der Waals surface area contributed by atoms with Gasteiger partial charge >= 0.3 is 5.97 Å². The van der Waals surface area contributed by atoms with E-state index in [1.54, 1.807) is 31.2 Å². The van der Waals surface area contributed by atoms with Gasteiger partial charge < -0.3 is 14.8 Å². The zero-order chi connectivity index (χ0) is 21.2. The highest BCUT2D eigenvalue weighted by molar-refractivity contribution is 7.90. The summed E-state index contributed by atoms with van der Waals surface area (Å²) in [5.74, 6) is -0.843. The lowest BCUT2D eigenvalue weighted by Crippen LogP contribution is -2.24. The number of nitrogens with one attached hydrogen (secondary N) is 1. The summed E-state index contributed by atoms with van der Waals surface area (Å²) < 4.78 is 37.6. The average Bonchev–Trinajstić information content (AvgIpc) is 3.13. The van der Waals surface area contributed by atoms with E-state index < -0.39 is 21.9 Å². The molecule has 1 aromatic heterocycles. The molecule has 0 aliphatic rings. The average molecular weight is 416 g/mol. The predicted molar refractivity (Wildman–Crippen MR) is 107 cm³/mol. The van der Waals surface area contributed by atoms with Crippen LogP contribution in [0.3, 0.4) is 0 Å². The minimum atomic E-state index is -4.11. The Labute approximate surface area is 168 Å². The first-order chi connectivity index (χ1) is 13.8. The van der Waals surface area contributed by atoms with Gasteiger partial charge in [-0.15, -0.1) is 0 Å². The zero-order valence-electron chi connectivity index (χ0n) is 16.1. The third kappa shape index (κ3) is 3.56. The van der Waals surface area contributed by atoms with Crippen molar-refractivity contribution in [1.29, 1.82) is 0 Å². The molecule has 8 nitrogen and oxygen atoms in total. The van der Waals surface area contributed by atoms with Gasteiger partial charge in [0.2, 0.25) is 0 Å². The van der Waals surface area contributed by atoms with Crippen LogP contribution in [-0.4, -0.2) is 45.0 Å². The van der Waals surface area contributed by atoms with Gasteiger partial charge in [0.25, 0.3) is 15.9 Å². The molecule has 0 bridgehead atoms. The fourth-order valence-electron chi connectivity index (χ4n) is 3.02. The number of hydrogen-bond acceptors (Lipinski definition) is 6. The van der Waals surface area contributed by atoms with E-state index >= 15 is 0 Å². The summed E-state index contributed by atoms with van der Waals surface area (Å²) in [4.78, 5) is 24.3. The smallest absolute Gasteiger partial charge is 0.340 e. The monoisotopic (exact) mass is 416 g/mol. The third-order valence-corrected chi connectivity index (χ3v) is 6.06. The fraction of sp³-hybridized carbons (Fsp3) is 0.200. The van der Waals surface area contributed by atoms with Gasteiger partial charge in [0.1, 0.15) is 5.75 Å². The van der Waals surface area contributed by atoms with Gasteiger partial charge in [-0.2, -0.15) is 0 Å². The maximum absolute atomic E-state index is 13.3. The molecular weight excluding hydrogens is 396 g/mol. The lowest BCUT2D eigenvalue weighted by Gasteiger charge is -2.12. The Balaban J connectivity index is 2.21. The van der Waals surface area contributed by atoms with Crippen molar-refractivity contribution in [3.05, 3.63) is 59.8 Å². The maximum Gasteiger partial charge on any atom is 0.340 e. The van der Waals surface area contributed by atoms with Gasteiger partial charge in [0.15, 0.2) is 0 Å². The van der Waals surface area contributed by atoms with Crippen LogP contribution in [0.25, 0.3) is 10.9 Å². The molecule has 2 aromatic carbocycles. The molecule has 0 atom stereocenters. The van der Waals surface area contributed by atoms with Gasteiger partial charge in [-0.25, -0.2) is 17.2 Å². The van der Waals surface area contributed by atoms with Crippen molar-refractivity contribution in [1.82, 2.24) is 9.29 Å². The Kier molecular flexibility index (Phi) is 5.60. The Morgan fingerprint density at radius 1 is 1.07 bits per heavy atom. The lowest BCUT2D eigenvalue weighted by molar-refractivity contribution is 0.0603. The van der Waals surface area contributed by atoms with E-state index in [1.165, 1.54) is 38.6 Å². The van der Waals surface area contributed by atoms with Crippen molar-refractivity contribution in [2.45, 2.75) is 11.8 Å². The van der Waals surface area contributed by atoms with Crippen LogP contribution in [-0.2, 0) is 14.8 Å². The van der Waals surface area contributed by atoms with E-state index in [1.807, 2.05) is 0 Å². The quantitative estimate of drug-likeness (QED) is 0.619. The summed E-state index contributed by atoms with van der Waals surface area (Å²) in [5, 5.41) is 3.07. The Hall–Kier alpha value is -3.33. The highest BCUT2D eigenvalue weighted by Crippen LogP contribution is 2.29. The topological polar surface area (TPSA) is 104 Å². The van der Waals surface area contributed by atoms with Crippen LogP contribution in [0.1, 0.15) is 27.6 Å². The number of methoxy groups -OCH3 is 2. The molecule has 9 heteroatoms. The number of fused-ring (bicyclic) bond motifs is 1. The van der Waals surface area contributed by atoms with Crippen LogP contribution in [0.5, 0.6) is 5.75 Å². The number of para-hydroxylation sites is 1. The number of hydrogen-bond donors (Lipinski definition) is 1. The number of benzene rings is 2. The Bertz CT molecular complexity index is 1200. The molecule has 1 N–H and O–H groups in total. The molecule has 1 heterocycles. The summed E-state index contributed by atoms with van der Waals surface area (Å²) in [6, 6.07) is 10.6. The highest BCUT2D eigenvalue weighted by Gasteiger charge is 2.25. The van der Waals surface area contributed by atoms with E-state index in [2.05, 4.69) is 5.32 Å². The number of amides is 1. The van der Waals surface area contributed by atoms with Crippen LogP contribution in [0.15, 0.2) is 53.6 Å². The minimum Gasteiger partial charge on any atom is -0.496 e. The van der Waals surface area contributed by atoms with E-state index in [0.29, 0.717) is 17.4 Å². The zero-order valence-corrected chi connectivity index (χ0v) is 16.9. The molecule has 0 saturated heterocycles. The highest BCUT2D eigenvalue weighted by atomic mass is 32.2. The number of rotatable bonds is 6. The van der Waals surface area contributed by atoms with E-state index in [9.17, 15) is 18.0 Å². The SMILES string of the molecule is CCNC(=O)c1cc(S(=O)(=O)n2cc(C(=O)OC)c3ccccc32)ccc1OC. The standard InChI is InChI=1S/C20H20N2O6S/c1-4-21-19(23)15-11-13(9-10-18(15)27-2)29(25,26)22-12-16(20(24)28-3)14-7-5-6-8-17(14)22/h5-12H,4H2,1-3H3,(H,21,23). The van der Waals surface area contributed by atoms with Crippen molar-refractivity contribution < 1.29 is 27.5 Å². The van der Waals surface area contributed by atoms with Crippen molar-refractivity contribution in [2.24, 2.45) is 0 Å². The number of nitrogens with zero attached hydrogens (tertiary/aromatic N) is 1. The number of esters is 1. The molecule has 0 fully saturated rings. The van der Waals surface area contributed by atoms with Crippen molar-refractivity contribution in [2.75, 3.05) is 20.8 Å². The summed E-state index contributed by atoms with van der Waals surface area (Å²) in [5.41, 5.74) is 0.549. The van der Waals surface area contributed by atoms with E-state index in [4.69, 9.17) is 9.47 Å². The first kappa shape index (κ1) is 20.4. The fourth-order valence-corrected chi connectivity index (χ4v) is 4.41. The van der Waals surface area contributed by atoms with Crippen molar-refractivity contribution in [3.63, 3.8) is 0 Å². The molecule has 152 valence electrons. The van der Waals surface area contributed by atoms with Crippen LogP contribution in [0.2, 0.25) is 0 Å². The van der Waals surface area contributed by atoms with Gasteiger partial charge in [0, 0.05) is 18.1 Å². The predicted octanol–water partition coefficient (Wildman–Crippen LogP) is 2.42. The van der Waals surface area contributed by atoms with E-state index in [0.717, 1.165) is 3.97 Å². The summed E-state index contributed by atoms with van der Waals surface area (Å²) in [7, 11) is -1.48. The molecule has 3 aromatic rings. The molecule has 0 spiro atoms. The van der Waals surface area contributed by atoms with Crippen LogP contribution in [0.4, 0.5) is 0 Å². The van der Waals surface area contributed by atoms with Crippen LogP contribution < -0.4 is 10.1 Å². The third-order valence-electron chi connectivity index (χ3n) is 4.39. The second-order valence-electron chi connectivity index (χ2n) is 6.07. The Morgan fingerprint density at radius 2 is 1.79 bits per heavy atom. The van der Waals surface area contributed by atoms with Crippen LogP contribution in [0, 0.1) is 0 Å². The molecule has 1 amide bonds. The number of aromatic nitrogens is 1. The van der Waals surface area contributed by atoms with E-state index in [-0.39, 0.29) is 21.8 Å². The molecular formula is C20H20N2O6S. The second kappa shape index (κ2) is 7.96. The van der Waals surface area contributed by atoms with Gasteiger partial charge in [-0.1, -0.05) is 18.2 Å². The molecule has 0 unspecified atom stereocenters. The summed E-state index contributed by atoms with van der Waals surface area (Å²) in [6.45, 7) is 2.13. The Morgan fingerprint density at radius 3 is 2.45 bits per heavy atom. The first-order valence-electron chi connectivity index (χ1n) is 8.75. The molecule has 3 rings (SSSR count). The van der Waals surface area contributed by atoms with Gasteiger partial charge in [-0.05, 0) is 31.2 Å². The maximum atomic E-state index is 13.3. The van der Waals surface area contributed by atoms with Crippen molar-refractivity contribution in [3.8, 4) is 5.75 Å². The molecule has 0 aliphatic carbocycles. The normalized spacial score (nSPS) is 11.3. The number of carbonyl (C=O) groups excluding carboxylic acids is 2. The summed E-state index contributed by atoms with van der Waals surface area (Å²) >= 11 is 0. The first-order valence-corrected chi connectivity index (χ1v) is 10.2. The van der Waals surface area contributed by atoms with Crippen LogP contribution >= 0.6 is 0 Å². The van der Waals surface area contributed by atoms with Gasteiger partial charge in [-0.3, -0.25) is 4.79 Å². The molecule has 0 saturated carbocycles. The second-order valence-corrected chi connectivity index (χ2v) is 7.89. The largest absolute Gasteiger partial charge is 0.496 e. The molecule has 29 heavy (non-hydrogen) atoms. The molecule has 0 radical (unpaired) electrons. The summed E-state index contributed by atoms with van der Waals surface area (Å²) in [6.07, 6.45) is 1.22. The lowest BCUT2D eigenvalue weighted by atomic mass is 10.2.